The van der Waals surface area contributed by atoms with Crippen LogP contribution in [0, 0.1) is 0 Å². The van der Waals surface area contributed by atoms with E-state index in [1.807, 2.05) is 50.3 Å². The molecule has 1 aliphatic heterocycles. The number of rotatable bonds is 2. The van der Waals surface area contributed by atoms with Crippen LogP contribution in [0.5, 0.6) is 0 Å². The number of nitrogens with zero attached hydrogens (tertiary/aromatic N) is 1. The lowest BCUT2D eigenvalue weighted by Gasteiger charge is -2.33. The maximum absolute atomic E-state index is 12.0. The number of amides is 1. The predicted octanol–water partition coefficient (Wildman–Crippen LogP) is 3.42. The number of aromatic amines is 1. The number of allylic oxidation sites excluding steroid dienone is 2. The maximum Gasteiger partial charge on any atom is 0.328 e. The molecule has 1 aromatic carbocycles. The monoisotopic (exact) mass is 362 g/mol. The first-order chi connectivity index (χ1) is 12.1. The summed E-state index contributed by atoms with van der Waals surface area (Å²) in [4.78, 5) is 28.8. The van der Waals surface area contributed by atoms with E-state index in [9.17, 15) is 9.59 Å². The lowest BCUT2D eigenvalue weighted by atomic mass is 9.96. The molecule has 6 heteroatoms. The largest absolute Gasteiger partial charge is 0.467 e. The van der Waals surface area contributed by atoms with Crippen LogP contribution in [0.15, 0.2) is 36.4 Å². The van der Waals surface area contributed by atoms with Gasteiger partial charge in [0.25, 0.3) is 0 Å². The van der Waals surface area contributed by atoms with Gasteiger partial charge in [-0.15, -0.1) is 11.6 Å². The van der Waals surface area contributed by atoms with E-state index in [4.69, 9.17) is 16.3 Å². The number of halogens is 1. The molecule has 0 saturated carbocycles. The summed E-state index contributed by atoms with van der Waals surface area (Å²) in [6.45, 7) is 4.34. The second-order valence-electron chi connectivity index (χ2n) is 5.69. The van der Waals surface area contributed by atoms with E-state index in [1.54, 1.807) is 0 Å². The normalized spacial score (nSPS) is 16.3. The minimum Gasteiger partial charge on any atom is -0.467 e. The quantitative estimate of drug-likeness (QED) is 0.506. The number of H-pyrrole nitrogens is 1. The minimum atomic E-state index is -0.618. The Bertz CT molecular complexity index is 778. The van der Waals surface area contributed by atoms with Crippen LogP contribution in [0.1, 0.15) is 25.1 Å². The topological polar surface area (TPSA) is 62.4 Å². The van der Waals surface area contributed by atoms with Gasteiger partial charge in [0.2, 0.25) is 5.91 Å². The summed E-state index contributed by atoms with van der Waals surface area (Å²) < 4.78 is 4.83. The molecular weight excluding hydrogens is 340 g/mol. The molecule has 0 fully saturated rings. The lowest BCUT2D eigenvalue weighted by Crippen LogP contribution is -2.49. The van der Waals surface area contributed by atoms with Gasteiger partial charge in [0.15, 0.2) is 0 Å². The van der Waals surface area contributed by atoms with Crippen molar-refractivity contribution in [3.63, 3.8) is 0 Å². The van der Waals surface area contributed by atoms with Crippen molar-refractivity contribution in [3.8, 4) is 0 Å². The number of nitrogens with one attached hydrogen (secondary N) is 1. The molecule has 2 heterocycles. The van der Waals surface area contributed by atoms with E-state index < -0.39 is 12.0 Å². The fourth-order valence-corrected chi connectivity index (χ4v) is 3.05. The van der Waals surface area contributed by atoms with Crippen LogP contribution in [0.2, 0.25) is 0 Å². The summed E-state index contributed by atoms with van der Waals surface area (Å²) in [5.41, 5.74) is 3.03. The third-order valence-corrected chi connectivity index (χ3v) is 4.47. The van der Waals surface area contributed by atoms with Gasteiger partial charge in [-0.05, 0) is 25.5 Å². The van der Waals surface area contributed by atoms with E-state index in [1.165, 1.54) is 12.0 Å². The molecule has 2 aromatic rings. The van der Waals surface area contributed by atoms with Crippen molar-refractivity contribution < 1.29 is 14.3 Å². The zero-order valence-corrected chi connectivity index (χ0v) is 15.5. The number of carbonyl (C=O) groups is 2. The molecule has 0 aliphatic carbocycles. The molecular formula is C19H23ClN2O3. The average Bonchev–Trinajstić information content (AvgIpc) is 3.03. The molecule has 0 radical (unpaired) electrons. The van der Waals surface area contributed by atoms with E-state index in [0.29, 0.717) is 13.0 Å². The molecule has 1 N–H and O–H groups in total. The van der Waals surface area contributed by atoms with E-state index >= 15 is 0 Å². The number of aromatic nitrogens is 1. The first-order valence-electron chi connectivity index (χ1n) is 8.16. The first kappa shape index (κ1) is 19.1. The van der Waals surface area contributed by atoms with Crippen molar-refractivity contribution in [2.45, 2.75) is 32.9 Å². The molecule has 5 nitrogen and oxygen atoms in total. The molecule has 134 valence electrons. The number of esters is 1. The van der Waals surface area contributed by atoms with Crippen molar-refractivity contribution in [2.24, 2.45) is 0 Å². The maximum atomic E-state index is 12.0. The van der Waals surface area contributed by atoms with Crippen LogP contribution in [0.3, 0.4) is 0 Å². The number of ether oxygens (including phenoxy) is 1. The molecule has 1 aromatic heterocycles. The zero-order chi connectivity index (χ0) is 18.4. The van der Waals surface area contributed by atoms with Gasteiger partial charge in [-0.3, -0.25) is 4.79 Å². The molecule has 1 atom stereocenters. The fourth-order valence-electron chi connectivity index (χ4n) is 2.89. The fraction of sp³-hybridized carbons (Fsp3) is 0.368. The molecule has 1 unspecified atom stereocenters. The van der Waals surface area contributed by atoms with E-state index in [-0.39, 0.29) is 11.8 Å². The Labute approximate surface area is 152 Å². The Morgan fingerprint density at radius 3 is 2.60 bits per heavy atom. The Morgan fingerprint density at radius 1 is 1.32 bits per heavy atom. The number of benzene rings is 1. The SMILES string of the molecule is C/C=C\C.COC(=O)C1Cc2c([nH]c3ccccc23)CN1C(=O)CCl. The van der Waals surface area contributed by atoms with Crippen molar-refractivity contribution >= 4 is 34.4 Å². The summed E-state index contributed by atoms with van der Waals surface area (Å²) >= 11 is 5.65. The summed E-state index contributed by atoms with van der Waals surface area (Å²) in [6.07, 6.45) is 4.44. The second-order valence-corrected chi connectivity index (χ2v) is 5.96. The highest BCUT2D eigenvalue weighted by Crippen LogP contribution is 2.30. The van der Waals surface area contributed by atoms with Crippen LogP contribution in [0.25, 0.3) is 10.9 Å². The summed E-state index contributed by atoms with van der Waals surface area (Å²) in [5, 5.41) is 1.08. The van der Waals surface area contributed by atoms with Gasteiger partial charge in [-0.2, -0.15) is 0 Å². The van der Waals surface area contributed by atoms with Crippen LogP contribution in [-0.4, -0.2) is 40.8 Å². The van der Waals surface area contributed by atoms with Crippen molar-refractivity contribution in [2.75, 3.05) is 13.0 Å². The average molecular weight is 363 g/mol. The van der Waals surface area contributed by atoms with Gasteiger partial charge < -0.3 is 14.6 Å². The Morgan fingerprint density at radius 2 is 2.00 bits per heavy atom. The van der Waals surface area contributed by atoms with Gasteiger partial charge in [-0.1, -0.05) is 30.4 Å². The molecule has 1 aliphatic rings. The van der Waals surface area contributed by atoms with Gasteiger partial charge in [0.1, 0.15) is 11.9 Å². The Kier molecular flexibility index (Phi) is 6.65. The third kappa shape index (κ3) is 4.04. The smallest absolute Gasteiger partial charge is 0.328 e. The highest BCUT2D eigenvalue weighted by Gasteiger charge is 2.36. The lowest BCUT2D eigenvalue weighted by molar-refractivity contribution is -0.153. The third-order valence-electron chi connectivity index (χ3n) is 4.25. The number of methoxy groups -OCH3 is 1. The molecule has 1 amide bonds. The molecule has 25 heavy (non-hydrogen) atoms. The first-order valence-corrected chi connectivity index (χ1v) is 8.69. The van der Waals surface area contributed by atoms with Crippen LogP contribution < -0.4 is 0 Å². The van der Waals surface area contributed by atoms with Gasteiger partial charge in [0.05, 0.1) is 13.7 Å². The number of alkyl halides is 1. The molecule has 0 bridgehead atoms. The molecule has 0 saturated heterocycles. The highest BCUT2D eigenvalue weighted by atomic mass is 35.5. The minimum absolute atomic E-state index is 0.150. The van der Waals surface area contributed by atoms with Crippen molar-refractivity contribution in [1.29, 1.82) is 0 Å². The number of carbonyl (C=O) groups excluding carboxylic acids is 2. The van der Waals surface area contributed by atoms with Crippen molar-refractivity contribution in [3.05, 3.63) is 47.7 Å². The number of hydrogen-bond donors (Lipinski definition) is 1. The van der Waals surface area contributed by atoms with Gasteiger partial charge >= 0.3 is 5.97 Å². The van der Waals surface area contributed by atoms with Crippen LogP contribution in [0.4, 0.5) is 0 Å². The summed E-state index contributed by atoms with van der Waals surface area (Å²) in [7, 11) is 1.33. The van der Waals surface area contributed by atoms with Gasteiger partial charge in [-0.25, -0.2) is 4.79 Å². The Hall–Kier alpha value is -2.27. The number of hydrogen-bond acceptors (Lipinski definition) is 3. The van der Waals surface area contributed by atoms with Crippen LogP contribution in [-0.2, 0) is 27.3 Å². The highest BCUT2D eigenvalue weighted by molar-refractivity contribution is 6.27. The zero-order valence-electron chi connectivity index (χ0n) is 14.7. The van der Waals surface area contributed by atoms with E-state index in [0.717, 1.165) is 22.2 Å². The summed E-state index contributed by atoms with van der Waals surface area (Å²) in [6, 6.07) is 7.28. The molecule has 3 rings (SSSR count). The standard InChI is InChI=1S/C15H15ClN2O3.C4H8/c1-21-15(20)13-6-10-9-4-2-3-5-11(9)17-12(10)8-18(13)14(19)7-16;1-3-4-2/h2-5,13,17H,6-8H2,1H3;3-4H,1-2H3/b;4-3-. The Balaban J connectivity index is 0.000000511. The number of para-hydroxylation sites is 1. The van der Waals surface area contributed by atoms with Crippen molar-refractivity contribution in [1.82, 2.24) is 9.88 Å². The van der Waals surface area contributed by atoms with Gasteiger partial charge in [0, 0.05) is 23.0 Å². The second kappa shape index (κ2) is 8.72. The summed E-state index contributed by atoms with van der Waals surface area (Å²) in [5.74, 6) is -0.830. The molecule has 0 spiro atoms. The predicted molar refractivity (Wildman–Crippen MR) is 99.6 cm³/mol. The number of fused-ring (bicyclic) bond motifs is 3. The van der Waals surface area contributed by atoms with Crippen LogP contribution >= 0.6 is 11.6 Å². The van der Waals surface area contributed by atoms with E-state index in [2.05, 4.69) is 4.98 Å².